The summed E-state index contributed by atoms with van der Waals surface area (Å²) in [5.74, 6) is -0.157. The van der Waals surface area contributed by atoms with Gasteiger partial charge in [0.25, 0.3) is 0 Å². The second-order valence-electron chi connectivity index (χ2n) is 4.76. The standard InChI is InChI=1S/2C5H5.2C2H5NO.ClH.Zr/c2*1-2-4-5-3-1;2*1-2(3)4;;/h2*1-3H,4H2;2*1H3,(H2,3,4);1H;/q;;;;;+2/p-2. The Balaban J connectivity index is 0.00000200. The molecular weight excluding hydrogens is 355 g/mol. The molecule has 2 aliphatic carbocycles. The summed E-state index contributed by atoms with van der Waals surface area (Å²) in [6.45, 7) is 3.03. The van der Waals surface area contributed by atoms with Gasteiger partial charge in [-0.05, 0) is 0 Å². The van der Waals surface area contributed by atoms with Crippen LogP contribution in [0, 0.1) is 0 Å². The van der Waals surface area contributed by atoms with E-state index in [2.05, 4.69) is 18.7 Å². The molecule has 0 saturated carbocycles. The molecule has 20 heavy (non-hydrogen) atoms. The Kier molecular flexibility index (Phi) is 6.15. The molecule has 0 bridgehead atoms. The number of carbonyl (C=O) groups is 2. The van der Waals surface area contributed by atoms with Gasteiger partial charge in [0.2, 0.25) is 0 Å². The number of nitrogens with one attached hydrogen (secondary N) is 2. The van der Waals surface area contributed by atoms with E-state index in [-0.39, 0.29) is 24.2 Å². The van der Waals surface area contributed by atoms with Gasteiger partial charge >= 0.3 is 118 Å². The molecule has 0 heterocycles. The number of rotatable bonds is 4. The first kappa shape index (κ1) is 17.1. The van der Waals surface area contributed by atoms with Crippen LogP contribution < -0.4 is 6.52 Å². The molecule has 0 aliphatic heterocycles. The van der Waals surface area contributed by atoms with Gasteiger partial charge in [0.15, 0.2) is 0 Å². The number of hydrogen-bond donors (Lipinski definition) is 2. The molecule has 0 aromatic rings. The van der Waals surface area contributed by atoms with Crippen molar-refractivity contribution in [3.05, 3.63) is 43.0 Å². The van der Waals surface area contributed by atoms with Crippen molar-refractivity contribution in [2.75, 3.05) is 0 Å². The van der Waals surface area contributed by atoms with Crippen LogP contribution >= 0.6 is 12.4 Å². The van der Waals surface area contributed by atoms with Crippen molar-refractivity contribution in [1.82, 2.24) is 6.52 Å². The van der Waals surface area contributed by atoms with Crippen molar-refractivity contribution < 1.29 is 30.4 Å². The maximum Gasteiger partial charge on any atom is -0.147 e. The Labute approximate surface area is 130 Å². The van der Waals surface area contributed by atoms with E-state index in [1.165, 1.54) is 20.4 Å². The maximum absolute atomic E-state index is 11.6. The summed E-state index contributed by atoms with van der Waals surface area (Å²) in [4.78, 5) is 23.3. The van der Waals surface area contributed by atoms with Crippen molar-refractivity contribution in [1.29, 1.82) is 0 Å². The molecule has 2 rings (SSSR count). The SMILES string of the molecule is CC(=O)[NH][Zr]([NH]C(C)=O)([C]1=CC=CC1)[C]1=CC=CC1.Cl. The maximum atomic E-state index is 11.6. The normalized spacial score (nSPS) is 16.3. The van der Waals surface area contributed by atoms with E-state index in [4.69, 9.17) is 0 Å². The molecule has 4 nitrogen and oxygen atoms in total. The zero-order chi connectivity index (χ0) is 13.9. The Hall–Kier alpha value is -0.927. The number of carbonyl (C=O) groups excluding carboxylic acids is 2. The topological polar surface area (TPSA) is 58.2 Å². The molecule has 2 aliphatic rings. The second kappa shape index (κ2) is 7.19. The molecule has 0 radical (unpaired) electrons. The number of halogens is 1. The predicted molar refractivity (Wildman–Crippen MR) is 78.6 cm³/mol. The molecule has 2 N–H and O–H groups in total. The van der Waals surface area contributed by atoms with E-state index >= 15 is 0 Å². The average molecular weight is 374 g/mol. The molecule has 2 amide bonds. The molecule has 0 saturated heterocycles. The summed E-state index contributed by atoms with van der Waals surface area (Å²) in [5, 5.41) is 0. The van der Waals surface area contributed by atoms with E-state index in [1.807, 2.05) is 24.3 Å². The first-order valence-corrected chi connectivity index (χ1v) is 11.3. The summed E-state index contributed by atoms with van der Waals surface area (Å²) >= 11 is -3.56. The van der Waals surface area contributed by atoms with Crippen molar-refractivity contribution >= 4 is 24.2 Å². The first-order valence-electron chi connectivity index (χ1n) is 6.34. The molecule has 0 fully saturated rings. The van der Waals surface area contributed by atoms with Gasteiger partial charge in [-0.2, -0.15) is 0 Å². The van der Waals surface area contributed by atoms with Crippen LogP contribution in [0.25, 0.3) is 0 Å². The van der Waals surface area contributed by atoms with Crippen molar-refractivity contribution in [2.24, 2.45) is 0 Å². The first-order chi connectivity index (χ1) is 9.04. The molecule has 0 aromatic carbocycles. The molecule has 0 spiro atoms. The minimum Gasteiger partial charge on any atom is -0.147 e. The zero-order valence-corrected chi connectivity index (χ0v) is 14.9. The van der Waals surface area contributed by atoms with Gasteiger partial charge in [-0.25, -0.2) is 0 Å². The predicted octanol–water partition coefficient (Wildman–Crippen LogP) is 2.35. The quantitative estimate of drug-likeness (QED) is 0.794. The van der Waals surface area contributed by atoms with Gasteiger partial charge in [-0.3, -0.25) is 0 Å². The molecule has 0 unspecified atom stereocenters. The van der Waals surface area contributed by atoms with Crippen LogP contribution in [0.5, 0.6) is 0 Å². The molecule has 0 aromatic heterocycles. The van der Waals surface area contributed by atoms with Crippen LogP contribution in [0.4, 0.5) is 0 Å². The molecule has 0 atom stereocenters. The fraction of sp³-hybridized carbons (Fsp3) is 0.286. The van der Waals surface area contributed by atoms with Gasteiger partial charge in [0.1, 0.15) is 0 Å². The van der Waals surface area contributed by atoms with Crippen LogP contribution in [0.15, 0.2) is 43.0 Å². The number of hydrogen-bond acceptors (Lipinski definition) is 2. The Bertz CT molecular complexity index is 487. The number of allylic oxidation sites excluding steroid dienone is 8. The smallest absolute Gasteiger partial charge is 0.147 e. The fourth-order valence-corrected chi connectivity index (χ4v) is 11.7. The van der Waals surface area contributed by atoms with Crippen LogP contribution in [-0.2, 0) is 30.4 Å². The fourth-order valence-electron chi connectivity index (χ4n) is 2.54. The summed E-state index contributed by atoms with van der Waals surface area (Å²) in [6, 6.07) is 0. The third-order valence-electron chi connectivity index (χ3n) is 3.23. The van der Waals surface area contributed by atoms with Crippen molar-refractivity contribution in [3.8, 4) is 0 Å². The minimum absolute atomic E-state index is 0. The van der Waals surface area contributed by atoms with E-state index in [0.717, 1.165) is 12.8 Å². The van der Waals surface area contributed by atoms with Gasteiger partial charge in [-0.1, -0.05) is 0 Å². The van der Waals surface area contributed by atoms with Crippen LogP contribution in [0.3, 0.4) is 0 Å². The summed E-state index contributed by atoms with van der Waals surface area (Å²) in [5.41, 5.74) is 0. The Morgan fingerprint density at radius 1 is 0.950 bits per heavy atom. The van der Waals surface area contributed by atoms with Gasteiger partial charge in [-0.15, -0.1) is 12.4 Å². The molecule has 6 heteroatoms. The summed E-state index contributed by atoms with van der Waals surface area (Å²) in [7, 11) is 0. The zero-order valence-electron chi connectivity index (χ0n) is 11.6. The molecule has 108 valence electrons. The van der Waals surface area contributed by atoms with E-state index in [1.54, 1.807) is 0 Å². The second-order valence-corrected chi connectivity index (χ2v) is 12.8. The monoisotopic (exact) mass is 372 g/mol. The van der Waals surface area contributed by atoms with Crippen LogP contribution in [0.1, 0.15) is 26.7 Å². The van der Waals surface area contributed by atoms with Crippen molar-refractivity contribution in [2.45, 2.75) is 26.7 Å². The van der Waals surface area contributed by atoms with Crippen molar-refractivity contribution in [3.63, 3.8) is 0 Å². The summed E-state index contributed by atoms with van der Waals surface area (Å²) < 4.78 is 8.64. The third kappa shape index (κ3) is 3.59. The largest absolute Gasteiger partial charge is 0.147 e. The van der Waals surface area contributed by atoms with Gasteiger partial charge in [0.05, 0.1) is 0 Å². The molecular formula is C14H19ClN2O2Zr. The Morgan fingerprint density at radius 2 is 1.35 bits per heavy atom. The van der Waals surface area contributed by atoms with E-state index < -0.39 is 20.8 Å². The van der Waals surface area contributed by atoms with Gasteiger partial charge < -0.3 is 0 Å². The average Bonchev–Trinajstić information content (AvgIpc) is 3.01. The third-order valence-corrected chi connectivity index (χ3v) is 13.4. The summed E-state index contributed by atoms with van der Waals surface area (Å²) in [6.07, 6.45) is 13.8. The van der Waals surface area contributed by atoms with Crippen LogP contribution in [0.2, 0.25) is 0 Å². The Morgan fingerprint density at radius 3 is 1.60 bits per heavy atom. The number of amides is 2. The van der Waals surface area contributed by atoms with E-state index in [0.29, 0.717) is 0 Å². The van der Waals surface area contributed by atoms with Crippen LogP contribution in [-0.4, -0.2) is 11.8 Å². The van der Waals surface area contributed by atoms with Gasteiger partial charge in [0, 0.05) is 0 Å². The minimum atomic E-state index is -3.56. The van der Waals surface area contributed by atoms with E-state index in [9.17, 15) is 9.59 Å².